The quantitative estimate of drug-likeness (QED) is 0.228. The molecule has 0 saturated heterocycles. The molecule has 0 heterocycles. The van der Waals surface area contributed by atoms with Crippen LogP contribution < -0.4 is 10.6 Å². The first kappa shape index (κ1) is 35.8. The summed E-state index contributed by atoms with van der Waals surface area (Å²) >= 11 is 0. The van der Waals surface area contributed by atoms with Gasteiger partial charge in [-0.2, -0.15) is 0 Å². The van der Waals surface area contributed by atoms with E-state index in [-0.39, 0.29) is 38.9 Å². The van der Waals surface area contributed by atoms with Crippen molar-refractivity contribution in [1.29, 1.82) is 0 Å². The first-order valence-corrected chi connectivity index (χ1v) is 14.5. The molecule has 2 aromatic rings. The van der Waals surface area contributed by atoms with Crippen LogP contribution in [0.4, 0.5) is 4.79 Å². The zero-order valence-corrected chi connectivity index (χ0v) is 26.3. The number of hydrogen-bond acceptors (Lipinski definition) is 9. The first-order valence-electron chi connectivity index (χ1n) is 14.5. The van der Waals surface area contributed by atoms with E-state index in [0.717, 1.165) is 11.1 Å². The Balaban J connectivity index is 2.16. The minimum Gasteiger partial charge on any atom is -0.460 e. The summed E-state index contributed by atoms with van der Waals surface area (Å²) in [6.45, 7) is 10.2. The predicted octanol–water partition coefficient (Wildman–Crippen LogP) is 4.75. The van der Waals surface area contributed by atoms with Crippen LogP contribution >= 0.6 is 0 Å². The third-order valence-electron chi connectivity index (χ3n) is 5.76. The van der Waals surface area contributed by atoms with Crippen LogP contribution in [0.15, 0.2) is 60.7 Å². The maximum absolute atomic E-state index is 13.5. The average molecular weight is 613 g/mol. The number of nitrogens with one attached hydrogen (secondary N) is 2. The molecule has 11 nitrogen and oxygen atoms in total. The van der Waals surface area contributed by atoms with Crippen LogP contribution in [0.2, 0.25) is 0 Å². The van der Waals surface area contributed by atoms with Gasteiger partial charge >= 0.3 is 24.0 Å². The van der Waals surface area contributed by atoms with E-state index in [4.69, 9.17) is 18.9 Å². The number of carbonyl (C=O) groups excluding carboxylic acids is 5. The van der Waals surface area contributed by atoms with Crippen LogP contribution in [0, 0.1) is 0 Å². The van der Waals surface area contributed by atoms with E-state index < -0.39 is 53.2 Å². The molecule has 0 unspecified atom stereocenters. The molecule has 2 atom stereocenters. The number of amides is 2. The molecule has 0 bridgehead atoms. The Morgan fingerprint density at radius 2 is 1.05 bits per heavy atom. The summed E-state index contributed by atoms with van der Waals surface area (Å²) in [6, 6.07) is 15.4. The SMILES string of the molecule is CC(C)(C)OC(=O)CC[C@H](NC(=O)OCc1ccccc1)C(=O)N[C@@H](CCC(=O)OC(C)(C)C)C(=O)OCc1ccccc1. The molecule has 0 fully saturated rings. The van der Waals surface area contributed by atoms with Gasteiger partial charge in [0.25, 0.3) is 0 Å². The molecule has 2 N–H and O–H groups in total. The third-order valence-corrected chi connectivity index (χ3v) is 5.76. The van der Waals surface area contributed by atoms with Crippen molar-refractivity contribution in [3.8, 4) is 0 Å². The van der Waals surface area contributed by atoms with Crippen molar-refractivity contribution in [2.24, 2.45) is 0 Å². The highest BCUT2D eigenvalue weighted by molar-refractivity contribution is 5.90. The predicted molar refractivity (Wildman–Crippen MR) is 162 cm³/mol. The average Bonchev–Trinajstić information content (AvgIpc) is 2.94. The molecule has 240 valence electrons. The van der Waals surface area contributed by atoms with E-state index in [1.54, 1.807) is 90.1 Å². The molecule has 2 rings (SSSR count). The number of esters is 3. The summed E-state index contributed by atoms with van der Waals surface area (Å²) in [4.78, 5) is 64.0. The lowest BCUT2D eigenvalue weighted by atomic mass is 10.1. The Labute approximate surface area is 259 Å². The molecule has 0 spiro atoms. The van der Waals surface area contributed by atoms with E-state index in [2.05, 4.69) is 10.6 Å². The van der Waals surface area contributed by atoms with Gasteiger partial charge in [0.05, 0.1) is 0 Å². The van der Waals surface area contributed by atoms with Gasteiger partial charge in [0, 0.05) is 12.8 Å². The van der Waals surface area contributed by atoms with E-state index >= 15 is 0 Å². The maximum Gasteiger partial charge on any atom is 0.408 e. The van der Waals surface area contributed by atoms with Crippen LogP contribution in [0.5, 0.6) is 0 Å². The van der Waals surface area contributed by atoms with Crippen LogP contribution in [0.1, 0.15) is 78.4 Å². The summed E-state index contributed by atoms with van der Waals surface area (Å²) in [5, 5.41) is 5.06. The highest BCUT2D eigenvalue weighted by Crippen LogP contribution is 2.14. The van der Waals surface area contributed by atoms with E-state index in [1.807, 2.05) is 12.1 Å². The molecule has 0 aliphatic rings. The number of rotatable bonds is 14. The fraction of sp³-hybridized carbons (Fsp3) is 0.485. The lowest BCUT2D eigenvalue weighted by Gasteiger charge is -2.24. The molecule has 11 heteroatoms. The van der Waals surface area contributed by atoms with Crippen molar-refractivity contribution in [2.75, 3.05) is 0 Å². The zero-order chi connectivity index (χ0) is 32.8. The Kier molecular flexibility index (Phi) is 13.8. The van der Waals surface area contributed by atoms with Gasteiger partial charge < -0.3 is 29.6 Å². The van der Waals surface area contributed by atoms with Gasteiger partial charge in [0.2, 0.25) is 5.91 Å². The van der Waals surface area contributed by atoms with Crippen LogP contribution in [0.25, 0.3) is 0 Å². The second-order valence-electron chi connectivity index (χ2n) is 12.2. The summed E-state index contributed by atoms with van der Waals surface area (Å²) < 4.78 is 21.4. The molecule has 44 heavy (non-hydrogen) atoms. The lowest BCUT2D eigenvalue weighted by molar-refractivity contribution is -0.157. The Hall–Kier alpha value is -4.41. The fourth-order valence-electron chi connectivity index (χ4n) is 3.84. The summed E-state index contributed by atoms with van der Waals surface area (Å²) in [5.74, 6) is -2.67. The minimum atomic E-state index is -1.27. The van der Waals surface area contributed by atoms with Crippen molar-refractivity contribution < 1.29 is 42.9 Å². The highest BCUT2D eigenvalue weighted by Gasteiger charge is 2.30. The van der Waals surface area contributed by atoms with Gasteiger partial charge in [0.15, 0.2) is 0 Å². The molecule has 0 radical (unpaired) electrons. The molecule has 0 saturated carbocycles. The Bertz CT molecular complexity index is 1240. The normalized spacial score (nSPS) is 12.7. The second kappa shape index (κ2) is 17.0. The lowest BCUT2D eigenvalue weighted by Crippen LogP contribution is -2.52. The van der Waals surface area contributed by atoms with Gasteiger partial charge in [-0.3, -0.25) is 14.4 Å². The van der Waals surface area contributed by atoms with Gasteiger partial charge in [0.1, 0.15) is 36.5 Å². The summed E-state index contributed by atoms with van der Waals surface area (Å²) in [5.41, 5.74) is -0.0102. The first-order chi connectivity index (χ1) is 20.6. The second-order valence-corrected chi connectivity index (χ2v) is 12.2. The number of carbonyl (C=O) groups is 5. The van der Waals surface area contributed by atoms with Crippen LogP contribution in [0.3, 0.4) is 0 Å². The van der Waals surface area contributed by atoms with Gasteiger partial charge in [-0.25, -0.2) is 9.59 Å². The topological polar surface area (TPSA) is 146 Å². The highest BCUT2D eigenvalue weighted by atomic mass is 16.6. The van der Waals surface area contributed by atoms with Crippen LogP contribution in [-0.2, 0) is 51.3 Å². The van der Waals surface area contributed by atoms with Crippen molar-refractivity contribution in [1.82, 2.24) is 10.6 Å². The van der Waals surface area contributed by atoms with Crippen molar-refractivity contribution >= 4 is 29.9 Å². The van der Waals surface area contributed by atoms with Crippen LogP contribution in [-0.4, -0.2) is 53.2 Å². The summed E-state index contributed by atoms with van der Waals surface area (Å²) in [7, 11) is 0. The standard InChI is InChI=1S/C33H44N2O9/c1-32(2,3)43-27(36)19-17-25(35-31(40)42-22-24-15-11-8-12-16-24)29(38)34-26(18-20-28(37)44-33(4,5)6)30(39)41-21-23-13-9-7-10-14-23/h7-16,25-26H,17-22H2,1-6H3,(H,34,38)(H,35,40)/t25-,26-/m0/s1. The monoisotopic (exact) mass is 612 g/mol. The Morgan fingerprint density at radius 1 is 0.614 bits per heavy atom. The molecular formula is C33H44N2O9. The molecular weight excluding hydrogens is 568 g/mol. The molecule has 0 aromatic heterocycles. The minimum absolute atomic E-state index is 0.0442. The number of ether oxygens (including phenoxy) is 4. The molecule has 0 aliphatic heterocycles. The molecule has 0 aliphatic carbocycles. The third kappa shape index (κ3) is 15.2. The molecule has 2 amide bonds. The van der Waals surface area contributed by atoms with Gasteiger partial charge in [-0.15, -0.1) is 0 Å². The maximum atomic E-state index is 13.5. The number of benzene rings is 2. The van der Waals surface area contributed by atoms with Gasteiger partial charge in [-0.05, 0) is 65.5 Å². The number of alkyl carbamates (subject to hydrolysis) is 1. The van der Waals surface area contributed by atoms with Crippen molar-refractivity contribution in [2.45, 2.75) is 104 Å². The van der Waals surface area contributed by atoms with E-state index in [9.17, 15) is 24.0 Å². The van der Waals surface area contributed by atoms with Crippen molar-refractivity contribution in [3.05, 3.63) is 71.8 Å². The fourth-order valence-corrected chi connectivity index (χ4v) is 3.84. The number of hydrogen-bond donors (Lipinski definition) is 2. The van der Waals surface area contributed by atoms with E-state index in [0.29, 0.717) is 0 Å². The largest absolute Gasteiger partial charge is 0.460 e. The smallest absolute Gasteiger partial charge is 0.408 e. The van der Waals surface area contributed by atoms with Crippen molar-refractivity contribution in [3.63, 3.8) is 0 Å². The van der Waals surface area contributed by atoms with E-state index in [1.165, 1.54) is 0 Å². The Morgan fingerprint density at radius 3 is 1.50 bits per heavy atom. The summed E-state index contributed by atoms with van der Waals surface area (Å²) in [6.07, 6.45) is -1.53. The van der Waals surface area contributed by atoms with Gasteiger partial charge in [-0.1, -0.05) is 60.7 Å². The molecule has 2 aromatic carbocycles. The zero-order valence-electron chi connectivity index (χ0n) is 26.3.